The smallest absolute Gasteiger partial charge is 0.0561 e. The van der Waals surface area contributed by atoms with Crippen molar-refractivity contribution in [2.24, 2.45) is 11.8 Å². The van der Waals surface area contributed by atoms with Crippen molar-refractivity contribution in [2.75, 3.05) is 6.54 Å². The third-order valence-electron chi connectivity index (χ3n) is 4.41. The minimum absolute atomic E-state index is 0.472. The van der Waals surface area contributed by atoms with Crippen LogP contribution in [0.5, 0.6) is 0 Å². The van der Waals surface area contributed by atoms with E-state index >= 15 is 0 Å². The van der Waals surface area contributed by atoms with Gasteiger partial charge in [-0.3, -0.25) is 0 Å². The van der Waals surface area contributed by atoms with Gasteiger partial charge in [0.05, 0.1) is 5.02 Å². The zero-order chi connectivity index (χ0) is 13.7. The van der Waals surface area contributed by atoms with E-state index in [4.69, 9.17) is 11.6 Å². The second-order valence-electron chi connectivity index (χ2n) is 5.74. The Hall–Kier alpha value is -0.0500. The molecule has 1 fully saturated rings. The zero-order valence-electron chi connectivity index (χ0n) is 12.1. The van der Waals surface area contributed by atoms with Crippen molar-refractivity contribution in [1.82, 2.24) is 5.32 Å². The fraction of sp³-hybridized carbons (Fsp3) is 0.750. The third-order valence-corrected chi connectivity index (χ3v) is 5.85. The molecule has 1 aliphatic rings. The summed E-state index contributed by atoms with van der Waals surface area (Å²) in [7, 11) is 0. The number of hydrogen-bond acceptors (Lipinski definition) is 2. The van der Waals surface area contributed by atoms with Crippen LogP contribution >= 0.6 is 22.9 Å². The molecular formula is C16H26ClNS. The van der Waals surface area contributed by atoms with Crippen molar-refractivity contribution in [2.45, 2.75) is 58.4 Å². The van der Waals surface area contributed by atoms with Gasteiger partial charge in [0.25, 0.3) is 0 Å². The van der Waals surface area contributed by atoms with Crippen molar-refractivity contribution in [3.63, 3.8) is 0 Å². The molecule has 0 bridgehead atoms. The van der Waals surface area contributed by atoms with Crippen molar-refractivity contribution in [3.8, 4) is 0 Å². The molecule has 1 N–H and O–H groups in total. The lowest BCUT2D eigenvalue weighted by atomic mass is 9.76. The van der Waals surface area contributed by atoms with Crippen LogP contribution in [0.25, 0.3) is 0 Å². The first-order valence-corrected chi connectivity index (χ1v) is 8.98. The molecule has 1 heterocycles. The second kappa shape index (κ2) is 7.66. The highest BCUT2D eigenvalue weighted by atomic mass is 35.5. The summed E-state index contributed by atoms with van der Waals surface area (Å²) in [6, 6.07) is 2.51. The summed E-state index contributed by atoms with van der Waals surface area (Å²) in [6.45, 7) is 5.52. The number of halogens is 1. The number of rotatable bonds is 6. The maximum Gasteiger partial charge on any atom is 0.0561 e. The van der Waals surface area contributed by atoms with Crippen molar-refractivity contribution < 1.29 is 0 Å². The summed E-state index contributed by atoms with van der Waals surface area (Å²) < 4.78 is 0. The van der Waals surface area contributed by atoms with E-state index in [2.05, 4.69) is 24.5 Å². The largest absolute Gasteiger partial charge is 0.309 e. The first-order chi connectivity index (χ1) is 9.26. The van der Waals surface area contributed by atoms with Crippen LogP contribution in [0, 0.1) is 11.8 Å². The molecule has 0 saturated heterocycles. The highest BCUT2D eigenvalue weighted by Crippen LogP contribution is 2.41. The molecule has 0 aliphatic heterocycles. The van der Waals surface area contributed by atoms with Gasteiger partial charge in [-0.05, 0) is 42.7 Å². The van der Waals surface area contributed by atoms with Crippen LogP contribution in [0.15, 0.2) is 11.4 Å². The Morgan fingerprint density at radius 3 is 2.58 bits per heavy atom. The molecule has 1 aromatic rings. The van der Waals surface area contributed by atoms with Crippen LogP contribution in [0.3, 0.4) is 0 Å². The quantitative estimate of drug-likeness (QED) is 0.715. The standard InChI is InChI=1S/C16H26ClNS/c1-3-5-12-6-8-13(9-7-12)15(18-4-2)16-14(17)10-11-19-16/h10-13,15,18H,3-9H2,1-2H3. The lowest BCUT2D eigenvalue weighted by molar-refractivity contribution is 0.217. The fourth-order valence-electron chi connectivity index (χ4n) is 3.44. The van der Waals surface area contributed by atoms with E-state index in [9.17, 15) is 0 Å². The molecule has 2 rings (SSSR count). The van der Waals surface area contributed by atoms with E-state index in [1.54, 1.807) is 0 Å². The molecule has 1 saturated carbocycles. The van der Waals surface area contributed by atoms with Crippen LogP contribution < -0.4 is 5.32 Å². The van der Waals surface area contributed by atoms with E-state index in [-0.39, 0.29) is 0 Å². The molecule has 1 atom stereocenters. The predicted octanol–water partition coefficient (Wildman–Crippen LogP) is 5.66. The summed E-state index contributed by atoms with van der Waals surface area (Å²) in [6.07, 6.45) is 8.28. The molecule has 1 unspecified atom stereocenters. The highest BCUT2D eigenvalue weighted by Gasteiger charge is 2.29. The Labute approximate surface area is 126 Å². The van der Waals surface area contributed by atoms with Gasteiger partial charge in [-0.2, -0.15) is 0 Å². The van der Waals surface area contributed by atoms with Crippen molar-refractivity contribution in [1.29, 1.82) is 0 Å². The normalized spacial score (nSPS) is 25.4. The summed E-state index contributed by atoms with van der Waals surface area (Å²) in [5, 5.41) is 6.73. The fourth-order valence-corrected chi connectivity index (χ4v) is 4.78. The minimum atomic E-state index is 0.472. The summed E-state index contributed by atoms with van der Waals surface area (Å²) in [4.78, 5) is 1.35. The van der Waals surface area contributed by atoms with Crippen LogP contribution in [-0.4, -0.2) is 6.54 Å². The van der Waals surface area contributed by atoms with Crippen molar-refractivity contribution in [3.05, 3.63) is 21.3 Å². The average Bonchev–Trinajstić information content (AvgIpc) is 2.84. The van der Waals surface area contributed by atoms with Crippen molar-refractivity contribution >= 4 is 22.9 Å². The molecule has 0 aromatic carbocycles. The minimum Gasteiger partial charge on any atom is -0.309 e. The molecule has 1 aliphatic carbocycles. The Kier molecular flexibility index (Phi) is 6.18. The number of hydrogen-bond donors (Lipinski definition) is 1. The number of nitrogens with one attached hydrogen (secondary N) is 1. The first-order valence-electron chi connectivity index (χ1n) is 7.72. The van der Waals surface area contributed by atoms with Gasteiger partial charge >= 0.3 is 0 Å². The van der Waals surface area contributed by atoms with E-state index in [1.807, 2.05) is 17.4 Å². The van der Waals surface area contributed by atoms with Crippen LogP contribution in [-0.2, 0) is 0 Å². The molecule has 108 valence electrons. The van der Waals surface area contributed by atoms with E-state index < -0.39 is 0 Å². The van der Waals surface area contributed by atoms with Crippen LogP contribution in [0.2, 0.25) is 5.02 Å². The van der Waals surface area contributed by atoms with E-state index in [1.165, 1.54) is 43.4 Å². The summed E-state index contributed by atoms with van der Waals surface area (Å²) in [5.41, 5.74) is 0. The number of thiophene rings is 1. The Morgan fingerprint density at radius 1 is 1.32 bits per heavy atom. The monoisotopic (exact) mass is 299 g/mol. The van der Waals surface area contributed by atoms with Gasteiger partial charge in [0.15, 0.2) is 0 Å². The first kappa shape index (κ1) is 15.3. The molecular weight excluding hydrogens is 274 g/mol. The molecule has 0 amide bonds. The van der Waals surface area contributed by atoms with Gasteiger partial charge in [-0.15, -0.1) is 11.3 Å². The van der Waals surface area contributed by atoms with E-state index in [0.717, 1.165) is 23.4 Å². The van der Waals surface area contributed by atoms with Gasteiger partial charge < -0.3 is 5.32 Å². The molecule has 0 spiro atoms. The Bertz CT molecular complexity index is 369. The summed E-state index contributed by atoms with van der Waals surface area (Å²) >= 11 is 8.15. The maximum absolute atomic E-state index is 6.34. The highest BCUT2D eigenvalue weighted by molar-refractivity contribution is 7.10. The lowest BCUT2D eigenvalue weighted by Gasteiger charge is -2.34. The van der Waals surface area contributed by atoms with Gasteiger partial charge in [0.1, 0.15) is 0 Å². The van der Waals surface area contributed by atoms with Gasteiger partial charge in [0, 0.05) is 10.9 Å². The van der Waals surface area contributed by atoms with Gasteiger partial charge in [-0.25, -0.2) is 0 Å². The van der Waals surface area contributed by atoms with Crippen LogP contribution in [0.1, 0.15) is 63.3 Å². The van der Waals surface area contributed by atoms with Gasteiger partial charge in [-0.1, -0.05) is 51.1 Å². The molecule has 19 heavy (non-hydrogen) atoms. The lowest BCUT2D eigenvalue weighted by Crippen LogP contribution is -2.30. The predicted molar refractivity (Wildman–Crippen MR) is 86.1 cm³/mol. The molecule has 3 heteroatoms. The maximum atomic E-state index is 6.34. The summed E-state index contributed by atoms with van der Waals surface area (Å²) in [5.74, 6) is 1.74. The zero-order valence-corrected chi connectivity index (χ0v) is 13.7. The molecule has 0 radical (unpaired) electrons. The second-order valence-corrected chi connectivity index (χ2v) is 7.09. The topological polar surface area (TPSA) is 12.0 Å². The van der Waals surface area contributed by atoms with Gasteiger partial charge in [0.2, 0.25) is 0 Å². The Morgan fingerprint density at radius 2 is 2.05 bits per heavy atom. The SMILES string of the molecule is CCCC1CCC(C(NCC)c2sccc2Cl)CC1. The average molecular weight is 300 g/mol. The van der Waals surface area contributed by atoms with Crippen LogP contribution in [0.4, 0.5) is 0 Å². The third kappa shape index (κ3) is 3.96. The Balaban J connectivity index is 1.99. The van der Waals surface area contributed by atoms with E-state index in [0.29, 0.717) is 6.04 Å². The molecule has 1 nitrogen and oxygen atoms in total. The molecule has 1 aromatic heterocycles.